The number of aromatic nitrogens is 2. The van der Waals surface area contributed by atoms with Gasteiger partial charge in [0.05, 0.1) is 0 Å². The van der Waals surface area contributed by atoms with Gasteiger partial charge in [-0.2, -0.15) is 0 Å². The first-order chi connectivity index (χ1) is 6.42. The Hall–Kier alpha value is -0.160. The molecule has 0 spiro atoms. The fraction of sp³-hybridized carbons (Fsp3) is 0.778. The van der Waals surface area contributed by atoms with Crippen molar-refractivity contribution in [3.63, 3.8) is 0 Å². The standard InChI is InChI=1S/C9H16BrN3S/c1-6(2)9(3,4)5-11-8-13-12-7(10)14-8/h6H,5H2,1-4H3,(H,11,13). The van der Waals surface area contributed by atoms with Crippen molar-refractivity contribution < 1.29 is 0 Å². The Morgan fingerprint density at radius 2 is 2.07 bits per heavy atom. The van der Waals surface area contributed by atoms with E-state index >= 15 is 0 Å². The van der Waals surface area contributed by atoms with Gasteiger partial charge in [-0.25, -0.2) is 0 Å². The van der Waals surface area contributed by atoms with Crippen LogP contribution in [0.2, 0.25) is 0 Å². The van der Waals surface area contributed by atoms with Crippen LogP contribution in [0.5, 0.6) is 0 Å². The lowest BCUT2D eigenvalue weighted by atomic mass is 9.81. The molecule has 0 unspecified atom stereocenters. The molecule has 1 N–H and O–H groups in total. The third-order valence-electron chi connectivity index (χ3n) is 2.66. The first-order valence-electron chi connectivity index (χ1n) is 4.64. The van der Waals surface area contributed by atoms with Crippen molar-refractivity contribution in [1.29, 1.82) is 0 Å². The van der Waals surface area contributed by atoms with Crippen LogP contribution in [0.4, 0.5) is 5.13 Å². The molecule has 0 aromatic carbocycles. The molecule has 0 radical (unpaired) electrons. The van der Waals surface area contributed by atoms with E-state index in [4.69, 9.17) is 0 Å². The Morgan fingerprint density at radius 3 is 2.50 bits per heavy atom. The van der Waals surface area contributed by atoms with Gasteiger partial charge in [-0.15, -0.1) is 10.2 Å². The van der Waals surface area contributed by atoms with Crippen LogP contribution in [0, 0.1) is 11.3 Å². The van der Waals surface area contributed by atoms with Crippen LogP contribution in [-0.4, -0.2) is 16.7 Å². The normalized spacial score (nSPS) is 12.1. The molecule has 0 saturated heterocycles. The highest BCUT2D eigenvalue weighted by Crippen LogP contribution is 2.27. The van der Waals surface area contributed by atoms with Crippen LogP contribution in [-0.2, 0) is 0 Å². The molecule has 1 aromatic rings. The lowest BCUT2D eigenvalue weighted by Crippen LogP contribution is -2.28. The van der Waals surface area contributed by atoms with Gasteiger partial charge < -0.3 is 5.32 Å². The van der Waals surface area contributed by atoms with Gasteiger partial charge in [-0.1, -0.05) is 39.0 Å². The van der Waals surface area contributed by atoms with E-state index in [0.717, 1.165) is 15.6 Å². The quantitative estimate of drug-likeness (QED) is 0.917. The molecule has 1 aromatic heterocycles. The van der Waals surface area contributed by atoms with E-state index in [2.05, 4.69) is 59.1 Å². The second-order valence-electron chi connectivity index (χ2n) is 4.36. The molecule has 0 saturated carbocycles. The average Bonchev–Trinajstić information content (AvgIpc) is 2.48. The molecule has 0 atom stereocenters. The predicted molar refractivity (Wildman–Crippen MR) is 64.7 cm³/mol. The van der Waals surface area contributed by atoms with Crippen molar-refractivity contribution in [2.45, 2.75) is 27.7 Å². The molecule has 1 heterocycles. The zero-order valence-corrected chi connectivity index (χ0v) is 11.4. The minimum atomic E-state index is 0.276. The van der Waals surface area contributed by atoms with Crippen LogP contribution in [0.25, 0.3) is 0 Å². The molecule has 0 aliphatic rings. The molecule has 1 rings (SSSR count). The molecular weight excluding hydrogens is 262 g/mol. The Bertz CT molecular complexity index is 296. The minimum Gasteiger partial charge on any atom is -0.360 e. The maximum absolute atomic E-state index is 3.99. The Kier molecular flexibility index (Phi) is 3.89. The van der Waals surface area contributed by atoms with Gasteiger partial charge in [0.15, 0.2) is 3.92 Å². The van der Waals surface area contributed by atoms with Crippen molar-refractivity contribution in [3.8, 4) is 0 Å². The van der Waals surface area contributed by atoms with Crippen LogP contribution in [0.1, 0.15) is 27.7 Å². The smallest absolute Gasteiger partial charge is 0.206 e. The lowest BCUT2D eigenvalue weighted by Gasteiger charge is -2.29. The number of hydrogen-bond donors (Lipinski definition) is 1. The van der Waals surface area contributed by atoms with Crippen molar-refractivity contribution >= 4 is 32.4 Å². The van der Waals surface area contributed by atoms with E-state index in [1.165, 1.54) is 11.3 Å². The molecule has 80 valence electrons. The predicted octanol–water partition coefficient (Wildman–Crippen LogP) is 3.39. The molecule has 0 fully saturated rings. The number of hydrogen-bond acceptors (Lipinski definition) is 4. The minimum absolute atomic E-state index is 0.276. The third kappa shape index (κ3) is 3.20. The molecule has 0 bridgehead atoms. The van der Waals surface area contributed by atoms with Gasteiger partial charge in [0, 0.05) is 6.54 Å². The topological polar surface area (TPSA) is 37.8 Å². The van der Waals surface area contributed by atoms with Crippen molar-refractivity contribution in [3.05, 3.63) is 3.92 Å². The first-order valence-corrected chi connectivity index (χ1v) is 6.25. The summed E-state index contributed by atoms with van der Waals surface area (Å²) in [6.45, 7) is 9.89. The van der Waals surface area contributed by atoms with E-state index in [9.17, 15) is 0 Å². The van der Waals surface area contributed by atoms with Crippen molar-refractivity contribution in [1.82, 2.24) is 10.2 Å². The van der Waals surface area contributed by atoms with E-state index in [1.54, 1.807) is 0 Å². The second-order valence-corrected chi connectivity index (χ2v) is 6.61. The summed E-state index contributed by atoms with van der Waals surface area (Å²) >= 11 is 4.81. The summed E-state index contributed by atoms with van der Waals surface area (Å²) in [5.41, 5.74) is 0.276. The zero-order chi connectivity index (χ0) is 10.8. The monoisotopic (exact) mass is 277 g/mol. The zero-order valence-electron chi connectivity index (χ0n) is 8.97. The largest absolute Gasteiger partial charge is 0.360 e. The molecule has 3 nitrogen and oxygen atoms in total. The Labute approximate surface area is 97.5 Å². The fourth-order valence-electron chi connectivity index (χ4n) is 0.784. The highest BCUT2D eigenvalue weighted by Gasteiger charge is 2.22. The van der Waals surface area contributed by atoms with E-state index in [0.29, 0.717) is 5.92 Å². The molecular formula is C9H16BrN3S. The van der Waals surface area contributed by atoms with Gasteiger partial charge in [0.2, 0.25) is 5.13 Å². The van der Waals surface area contributed by atoms with Crippen molar-refractivity contribution in [2.24, 2.45) is 11.3 Å². The second kappa shape index (κ2) is 4.57. The van der Waals surface area contributed by atoms with Gasteiger partial charge in [-0.3, -0.25) is 0 Å². The summed E-state index contributed by atoms with van der Waals surface area (Å²) in [6.07, 6.45) is 0. The van der Waals surface area contributed by atoms with Gasteiger partial charge >= 0.3 is 0 Å². The van der Waals surface area contributed by atoms with Gasteiger partial charge in [0.1, 0.15) is 0 Å². The number of rotatable bonds is 4. The highest BCUT2D eigenvalue weighted by atomic mass is 79.9. The maximum atomic E-state index is 3.99. The number of halogens is 1. The van der Waals surface area contributed by atoms with Crippen LogP contribution >= 0.6 is 27.3 Å². The Balaban J connectivity index is 2.48. The first kappa shape index (κ1) is 11.9. The molecule has 0 aliphatic carbocycles. The van der Waals surface area contributed by atoms with Gasteiger partial charge in [-0.05, 0) is 27.3 Å². The summed E-state index contributed by atoms with van der Waals surface area (Å²) in [5, 5.41) is 12.1. The lowest BCUT2D eigenvalue weighted by molar-refractivity contribution is 0.269. The number of nitrogens with zero attached hydrogens (tertiary/aromatic N) is 2. The SMILES string of the molecule is CC(C)C(C)(C)CNc1nnc(Br)s1. The Morgan fingerprint density at radius 1 is 1.43 bits per heavy atom. The molecule has 0 amide bonds. The molecule has 0 aliphatic heterocycles. The average molecular weight is 278 g/mol. The third-order valence-corrected chi connectivity index (χ3v) is 3.97. The van der Waals surface area contributed by atoms with Crippen LogP contribution < -0.4 is 5.32 Å². The summed E-state index contributed by atoms with van der Waals surface area (Å²) < 4.78 is 0.822. The van der Waals surface area contributed by atoms with E-state index in [1.807, 2.05) is 0 Å². The van der Waals surface area contributed by atoms with Crippen LogP contribution in [0.15, 0.2) is 3.92 Å². The summed E-state index contributed by atoms with van der Waals surface area (Å²) in [6, 6.07) is 0. The highest BCUT2D eigenvalue weighted by molar-refractivity contribution is 9.11. The number of nitrogens with one attached hydrogen (secondary N) is 1. The van der Waals surface area contributed by atoms with Gasteiger partial charge in [0.25, 0.3) is 0 Å². The van der Waals surface area contributed by atoms with E-state index < -0.39 is 0 Å². The molecule has 5 heteroatoms. The van der Waals surface area contributed by atoms with E-state index in [-0.39, 0.29) is 5.41 Å². The fourth-order valence-corrected chi connectivity index (χ4v) is 1.79. The molecule has 14 heavy (non-hydrogen) atoms. The maximum Gasteiger partial charge on any atom is 0.206 e. The van der Waals surface area contributed by atoms with Crippen LogP contribution in [0.3, 0.4) is 0 Å². The number of anilines is 1. The van der Waals surface area contributed by atoms with Crippen molar-refractivity contribution in [2.75, 3.05) is 11.9 Å². The summed E-state index contributed by atoms with van der Waals surface area (Å²) in [5.74, 6) is 0.645. The summed E-state index contributed by atoms with van der Waals surface area (Å²) in [4.78, 5) is 0. The summed E-state index contributed by atoms with van der Waals surface area (Å²) in [7, 11) is 0.